The summed E-state index contributed by atoms with van der Waals surface area (Å²) in [5.41, 5.74) is 3.20. The second-order valence-corrected chi connectivity index (χ2v) is 8.45. The van der Waals surface area contributed by atoms with Gasteiger partial charge in [-0.2, -0.15) is 0 Å². The van der Waals surface area contributed by atoms with E-state index >= 15 is 0 Å². The maximum absolute atomic E-state index is 11.7. The number of hydrogen-bond acceptors (Lipinski definition) is 4. The van der Waals surface area contributed by atoms with E-state index in [0.717, 1.165) is 21.6 Å². The normalized spacial score (nSPS) is 13.7. The van der Waals surface area contributed by atoms with Crippen LogP contribution in [0.3, 0.4) is 0 Å². The minimum absolute atomic E-state index is 0.214. The monoisotopic (exact) mass is 420 g/mol. The number of hydrogen-bond donors (Lipinski definition) is 0. The number of thiophene rings is 1. The van der Waals surface area contributed by atoms with Crippen LogP contribution in [0.25, 0.3) is 10.1 Å². The molecule has 0 radical (unpaired) electrons. The fourth-order valence-corrected chi connectivity index (χ4v) is 4.68. The average molecular weight is 421 g/mol. The molecule has 0 bridgehead atoms. The third-order valence-electron chi connectivity index (χ3n) is 4.74. The molecule has 0 atom stereocenters. The molecule has 27 heavy (non-hydrogen) atoms. The van der Waals surface area contributed by atoms with Gasteiger partial charge in [0.05, 0.1) is 13.5 Å². The van der Waals surface area contributed by atoms with Gasteiger partial charge in [-0.25, -0.2) is 0 Å². The van der Waals surface area contributed by atoms with Crippen molar-refractivity contribution in [2.75, 3.05) is 7.11 Å². The van der Waals surface area contributed by atoms with Crippen molar-refractivity contribution in [1.29, 1.82) is 0 Å². The van der Waals surface area contributed by atoms with Crippen molar-refractivity contribution < 1.29 is 14.3 Å². The number of benzene rings is 2. The van der Waals surface area contributed by atoms with Gasteiger partial charge in [0.25, 0.3) is 0 Å². The maximum atomic E-state index is 11.7. The molecule has 3 aromatic rings. The number of methoxy groups -OCH3 is 1. The standard InChI is InChI=1S/C21H18Cl2O3S/c1-25-20(24)6-14-11-27-19-9-16(8-17(21(14)19)12-2-3-12)26-10-13-4-5-15(22)7-18(13)23/h4-5,7-9,11-12H,2-3,6,10H2,1H3. The Bertz CT molecular complexity index is 1010. The van der Waals surface area contributed by atoms with E-state index in [1.54, 1.807) is 17.4 Å². The molecule has 1 aliphatic carbocycles. The molecular weight excluding hydrogens is 403 g/mol. The molecule has 0 spiro atoms. The highest BCUT2D eigenvalue weighted by Gasteiger charge is 2.28. The number of rotatable bonds is 6. The van der Waals surface area contributed by atoms with Crippen molar-refractivity contribution in [1.82, 2.24) is 0 Å². The quantitative estimate of drug-likeness (QED) is 0.433. The smallest absolute Gasteiger partial charge is 0.310 e. The van der Waals surface area contributed by atoms with Gasteiger partial charge in [-0.15, -0.1) is 11.3 Å². The molecule has 0 aliphatic heterocycles. The highest BCUT2D eigenvalue weighted by Crippen LogP contribution is 2.47. The summed E-state index contributed by atoms with van der Waals surface area (Å²) < 4.78 is 12.0. The number of fused-ring (bicyclic) bond motifs is 1. The van der Waals surface area contributed by atoms with E-state index in [9.17, 15) is 4.79 Å². The number of esters is 1. The van der Waals surface area contributed by atoms with E-state index in [1.165, 1.54) is 30.9 Å². The molecule has 2 aromatic carbocycles. The zero-order chi connectivity index (χ0) is 19.0. The van der Waals surface area contributed by atoms with Gasteiger partial charge in [-0.3, -0.25) is 4.79 Å². The van der Waals surface area contributed by atoms with Gasteiger partial charge >= 0.3 is 5.97 Å². The van der Waals surface area contributed by atoms with E-state index in [-0.39, 0.29) is 5.97 Å². The SMILES string of the molecule is COC(=O)Cc1csc2cc(OCc3ccc(Cl)cc3Cl)cc(C3CC3)c12. The minimum atomic E-state index is -0.214. The zero-order valence-corrected chi connectivity index (χ0v) is 17.1. The van der Waals surface area contributed by atoms with E-state index in [2.05, 4.69) is 6.07 Å². The molecule has 0 saturated heterocycles. The first-order valence-electron chi connectivity index (χ1n) is 8.72. The van der Waals surface area contributed by atoms with Crippen LogP contribution in [-0.4, -0.2) is 13.1 Å². The highest BCUT2D eigenvalue weighted by atomic mass is 35.5. The Morgan fingerprint density at radius 1 is 1.19 bits per heavy atom. The third-order valence-corrected chi connectivity index (χ3v) is 6.31. The largest absolute Gasteiger partial charge is 0.489 e. The number of carbonyl (C=O) groups is 1. The molecule has 0 N–H and O–H groups in total. The van der Waals surface area contributed by atoms with Gasteiger partial charge in [0.15, 0.2) is 0 Å². The first-order valence-corrected chi connectivity index (χ1v) is 10.4. The van der Waals surface area contributed by atoms with E-state index in [1.807, 2.05) is 23.6 Å². The lowest BCUT2D eigenvalue weighted by molar-refractivity contribution is -0.139. The molecule has 140 valence electrons. The van der Waals surface area contributed by atoms with E-state index in [4.69, 9.17) is 32.7 Å². The van der Waals surface area contributed by atoms with Crippen LogP contribution >= 0.6 is 34.5 Å². The molecule has 0 unspecified atom stereocenters. The predicted octanol–water partition coefficient (Wildman–Crippen LogP) is 6.38. The van der Waals surface area contributed by atoms with Crippen molar-refractivity contribution in [3.8, 4) is 5.75 Å². The fourth-order valence-electron chi connectivity index (χ4n) is 3.20. The van der Waals surface area contributed by atoms with Crippen molar-refractivity contribution in [3.05, 3.63) is 62.4 Å². The van der Waals surface area contributed by atoms with Crippen LogP contribution in [0.5, 0.6) is 5.75 Å². The van der Waals surface area contributed by atoms with Gasteiger partial charge in [-0.1, -0.05) is 29.3 Å². The molecule has 1 heterocycles. The summed E-state index contributed by atoms with van der Waals surface area (Å²) in [5, 5.41) is 4.44. The number of ether oxygens (including phenoxy) is 2. The van der Waals surface area contributed by atoms with Gasteiger partial charge in [0.2, 0.25) is 0 Å². The van der Waals surface area contributed by atoms with E-state index < -0.39 is 0 Å². The van der Waals surface area contributed by atoms with Crippen LogP contribution in [0.1, 0.15) is 35.4 Å². The molecule has 3 nitrogen and oxygen atoms in total. The summed E-state index contributed by atoms with van der Waals surface area (Å²) in [6.07, 6.45) is 2.65. The predicted molar refractivity (Wildman–Crippen MR) is 110 cm³/mol. The van der Waals surface area contributed by atoms with Crippen molar-refractivity contribution in [3.63, 3.8) is 0 Å². The van der Waals surface area contributed by atoms with Gasteiger partial charge < -0.3 is 9.47 Å². The van der Waals surface area contributed by atoms with Crippen LogP contribution in [0.4, 0.5) is 0 Å². The summed E-state index contributed by atoms with van der Waals surface area (Å²) in [4.78, 5) is 11.7. The van der Waals surface area contributed by atoms with Crippen LogP contribution in [-0.2, 0) is 22.6 Å². The topological polar surface area (TPSA) is 35.5 Å². The van der Waals surface area contributed by atoms with Crippen molar-refractivity contribution in [2.24, 2.45) is 0 Å². The Morgan fingerprint density at radius 2 is 2.00 bits per heavy atom. The number of halogens is 2. The zero-order valence-electron chi connectivity index (χ0n) is 14.8. The first kappa shape index (κ1) is 18.6. The minimum Gasteiger partial charge on any atom is -0.489 e. The van der Waals surface area contributed by atoms with Crippen LogP contribution in [0.2, 0.25) is 10.0 Å². The lowest BCUT2D eigenvalue weighted by atomic mass is 10.0. The summed E-state index contributed by atoms with van der Waals surface area (Å²) in [5.74, 6) is 1.15. The Hall–Kier alpha value is -1.75. The second kappa shape index (κ2) is 7.70. The molecule has 4 rings (SSSR count). The van der Waals surface area contributed by atoms with Gasteiger partial charge in [0, 0.05) is 20.3 Å². The Kier molecular flexibility index (Phi) is 5.31. The highest BCUT2D eigenvalue weighted by molar-refractivity contribution is 7.17. The molecule has 1 aromatic heterocycles. The average Bonchev–Trinajstić information content (AvgIpc) is 3.42. The first-order chi connectivity index (χ1) is 13.0. The summed E-state index contributed by atoms with van der Waals surface area (Å²) in [6, 6.07) is 9.56. The van der Waals surface area contributed by atoms with Crippen molar-refractivity contribution in [2.45, 2.75) is 31.8 Å². The van der Waals surface area contributed by atoms with Crippen molar-refractivity contribution >= 4 is 50.6 Å². The van der Waals surface area contributed by atoms with Crippen LogP contribution in [0, 0.1) is 0 Å². The molecule has 1 fully saturated rings. The molecular formula is C21H18Cl2O3S. The Morgan fingerprint density at radius 3 is 2.70 bits per heavy atom. The molecule has 0 amide bonds. The lowest BCUT2D eigenvalue weighted by Crippen LogP contribution is -2.04. The molecule has 1 saturated carbocycles. The lowest BCUT2D eigenvalue weighted by Gasteiger charge is -2.12. The molecule has 1 aliphatic rings. The van der Waals surface area contributed by atoms with Gasteiger partial charge in [-0.05, 0) is 64.9 Å². The Balaban J connectivity index is 1.63. The van der Waals surface area contributed by atoms with Gasteiger partial charge in [0.1, 0.15) is 12.4 Å². The number of carbonyl (C=O) groups excluding carboxylic acids is 1. The summed E-state index contributed by atoms with van der Waals surface area (Å²) in [7, 11) is 1.42. The Labute approximate surface area is 171 Å². The second-order valence-electron chi connectivity index (χ2n) is 6.70. The molecule has 6 heteroatoms. The fraction of sp³-hybridized carbons (Fsp3) is 0.286. The summed E-state index contributed by atoms with van der Waals surface area (Å²) >= 11 is 13.8. The summed E-state index contributed by atoms with van der Waals surface area (Å²) in [6.45, 7) is 0.381. The van der Waals surface area contributed by atoms with Crippen LogP contribution < -0.4 is 4.74 Å². The van der Waals surface area contributed by atoms with E-state index in [0.29, 0.717) is 29.0 Å². The third kappa shape index (κ3) is 4.08. The van der Waals surface area contributed by atoms with Crippen LogP contribution in [0.15, 0.2) is 35.7 Å². The maximum Gasteiger partial charge on any atom is 0.310 e.